The summed E-state index contributed by atoms with van der Waals surface area (Å²) in [6.45, 7) is 1.98. The summed E-state index contributed by atoms with van der Waals surface area (Å²) in [4.78, 5) is 31.3. The molecule has 6 nitrogen and oxygen atoms in total. The summed E-state index contributed by atoms with van der Waals surface area (Å²) in [5.74, 6) is 0.377. The van der Waals surface area contributed by atoms with Crippen molar-refractivity contribution in [2.45, 2.75) is 23.5 Å². The number of nitrogens with zero attached hydrogens (tertiary/aromatic N) is 1. The fraction of sp³-hybridized carbons (Fsp3) is 0.129. The van der Waals surface area contributed by atoms with E-state index < -0.39 is 0 Å². The van der Waals surface area contributed by atoms with Crippen molar-refractivity contribution in [1.82, 2.24) is 4.98 Å². The van der Waals surface area contributed by atoms with Crippen LogP contribution in [-0.4, -0.2) is 29.2 Å². The van der Waals surface area contributed by atoms with Crippen molar-refractivity contribution in [3.05, 3.63) is 102 Å². The van der Waals surface area contributed by atoms with E-state index in [2.05, 4.69) is 39.9 Å². The Balaban J connectivity index is 1.22. The van der Waals surface area contributed by atoms with Crippen LogP contribution in [0.2, 0.25) is 0 Å². The minimum Gasteiger partial charge on any atom is -0.497 e. The maximum atomic E-state index is 13.1. The molecule has 0 saturated carbocycles. The second kappa shape index (κ2) is 12.1. The van der Waals surface area contributed by atoms with Crippen molar-refractivity contribution in [2.24, 2.45) is 0 Å². The SMILES string of the molecule is CCC(Sc1cccc(NC(=O)c2ccc(OC)cc2)c1)C(=O)Nc1nc(-c2ccc3ccccc3c2)cs1. The van der Waals surface area contributed by atoms with E-state index in [-0.39, 0.29) is 17.1 Å². The van der Waals surface area contributed by atoms with E-state index in [1.807, 2.05) is 54.8 Å². The van der Waals surface area contributed by atoms with Gasteiger partial charge in [-0.05, 0) is 65.7 Å². The Kier molecular flexibility index (Phi) is 8.24. The highest BCUT2D eigenvalue weighted by atomic mass is 32.2. The van der Waals surface area contributed by atoms with Crippen LogP contribution in [0.15, 0.2) is 101 Å². The van der Waals surface area contributed by atoms with E-state index in [0.29, 0.717) is 28.6 Å². The molecule has 8 heteroatoms. The molecule has 0 aliphatic carbocycles. The number of hydrogen-bond donors (Lipinski definition) is 2. The zero-order valence-corrected chi connectivity index (χ0v) is 23.1. The molecule has 5 rings (SSSR count). The monoisotopic (exact) mass is 553 g/mol. The van der Waals surface area contributed by atoms with Gasteiger partial charge >= 0.3 is 0 Å². The highest BCUT2D eigenvalue weighted by molar-refractivity contribution is 8.00. The Labute approximate surface area is 235 Å². The molecule has 0 radical (unpaired) electrons. The average Bonchev–Trinajstić information content (AvgIpc) is 3.44. The van der Waals surface area contributed by atoms with Gasteiger partial charge in [-0.15, -0.1) is 23.1 Å². The number of anilines is 2. The Morgan fingerprint density at radius 3 is 2.49 bits per heavy atom. The number of thiazole rings is 1. The van der Waals surface area contributed by atoms with Gasteiger partial charge in [0.1, 0.15) is 5.75 Å². The standard InChI is InChI=1S/C31H27N3O3S2/c1-3-28(39-26-10-6-9-24(18-26)32-29(35)21-13-15-25(37-2)16-14-21)30(36)34-31-33-27(19-38-31)23-12-11-20-7-4-5-8-22(20)17-23/h4-19,28H,3H2,1-2H3,(H,32,35)(H,33,34,36). The van der Waals surface area contributed by atoms with Crippen molar-refractivity contribution < 1.29 is 14.3 Å². The summed E-state index contributed by atoms with van der Waals surface area (Å²) in [6.07, 6.45) is 0.641. The van der Waals surface area contributed by atoms with Crippen LogP contribution in [0.1, 0.15) is 23.7 Å². The van der Waals surface area contributed by atoms with Gasteiger partial charge in [0, 0.05) is 27.1 Å². The average molecular weight is 554 g/mol. The third-order valence-corrected chi connectivity index (χ3v) is 8.28. The maximum Gasteiger partial charge on any atom is 0.255 e. The second-order valence-electron chi connectivity index (χ2n) is 8.81. The Morgan fingerprint density at radius 2 is 1.72 bits per heavy atom. The number of nitrogens with one attached hydrogen (secondary N) is 2. The third-order valence-electron chi connectivity index (χ3n) is 6.17. The summed E-state index contributed by atoms with van der Waals surface area (Å²) >= 11 is 2.87. The molecule has 39 heavy (non-hydrogen) atoms. The van der Waals surface area contributed by atoms with E-state index in [9.17, 15) is 9.59 Å². The molecule has 5 aromatic rings. The Hall–Kier alpha value is -4.14. The zero-order valence-electron chi connectivity index (χ0n) is 21.5. The largest absolute Gasteiger partial charge is 0.497 e. The second-order valence-corrected chi connectivity index (χ2v) is 10.9. The first-order chi connectivity index (χ1) is 19.0. The molecule has 0 aliphatic heterocycles. The fourth-order valence-electron chi connectivity index (χ4n) is 4.08. The lowest BCUT2D eigenvalue weighted by atomic mass is 10.1. The highest BCUT2D eigenvalue weighted by Crippen LogP contribution is 2.31. The number of thioether (sulfide) groups is 1. The minimum absolute atomic E-state index is 0.102. The van der Waals surface area contributed by atoms with Gasteiger partial charge in [0.2, 0.25) is 5.91 Å². The smallest absolute Gasteiger partial charge is 0.255 e. The van der Waals surface area contributed by atoms with Crippen LogP contribution in [0.4, 0.5) is 10.8 Å². The van der Waals surface area contributed by atoms with E-state index in [1.54, 1.807) is 31.4 Å². The number of fused-ring (bicyclic) bond motifs is 1. The van der Waals surface area contributed by atoms with Crippen LogP contribution in [0.25, 0.3) is 22.0 Å². The Morgan fingerprint density at radius 1 is 0.923 bits per heavy atom. The Bertz CT molecular complexity index is 1620. The van der Waals surface area contributed by atoms with E-state index in [0.717, 1.165) is 21.5 Å². The van der Waals surface area contributed by atoms with Crippen LogP contribution < -0.4 is 15.4 Å². The molecule has 1 heterocycles. The molecule has 0 bridgehead atoms. The first kappa shape index (κ1) is 26.5. The number of methoxy groups -OCH3 is 1. The summed E-state index contributed by atoms with van der Waals surface area (Å²) in [5.41, 5.74) is 3.05. The fourth-order valence-corrected chi connectivity index (χ4v) is 5.81. The molecule has 2 amide bonds. The summed E-state index contributed by atoms with van der Waals surface area (Å²) in [5, 5.41) is 10.5. The maximum absolute atomic E-state index is 13.1. The first-order valence-corrected chi connectivity index (χ1v) is 14.3. The van der Waals surface area contributed by atoms with Crippen LogP contribution in [0, 0.1) is 0 Å². The molecule has 4 aromatic carbocycles. The van der Waals surface area contributed by atoms with Gasteiger partial charge in [0.25, 0.3) is 5.91 Å². The van der Waals surface area contributed by atoms with Gasteiger partial charge in [-0.1, -0.05) is 49.4 Å². The molecule has 0 spiro atoms. The molecule has 2 N–H and O–H groups in total. The molecule has 1 aromatic heterocycles. The van der Waals surface area contributed by atoms with Crippen molar-refractivity contribution in [3.8, 4) is 17.0 Å². The number of aromatic nitrogens is 1. The lowest BCUT2D eigenvalue weighted by Gasteiger charge is -2.14. The first-order valence-electron chi connectivity index (χ1n) is 12.5. The number of ether oxygens (including phenoxy) is 1. The minimum atomic E-state index is -0.314. The predicted octanol–water partition coefficient (Wildman–Crippen LogP) is 7.73. The van der Waals surface area contributed by atoms with Gasteiger partial charge in [-0.2, -0.15) is 0 Å². The number of carbonyl (C=O) groups excluding carboxylic acids is 2. The van der Waals surface area contributed by atoms with Crippen molar-refractivity contribution in [2.75, 3.05) is 17.7 Å². The molecular formula is C31H27N3O3S2. The third kappa shape index (κ3) is 6.47. The topological polar surface area (TPSA) is 80.3 Å². The summed E-state index contributed by atoms with van der Waals surface area (Å²) < 4.78 is 5.15. The number of rotatable bonds is 9. The van der Waals surface area contributed by atoms with Gasteiger partial charge in [-0.25, -0.2) is 4.98 Å². The van der Waals surface area contributed by atoms with Gasteiger partial charge in [0.05, 0.1) is 18.1 Å². The number of hydrogen-bond acceptors (Lipinski definition) is 6. The molecule has 1 unspecified atom stereocenters. The zero-order chi connectivity index (χ0) is 27.2. The molecule has 196 valence electrons. The van der Waals surface area contributed by atoms with Crippen molar-refractivity contribution in [1.29, 1.82) is 0 Å². The lowest BCUT2D eigenvalue weighted by molar-refractivity contribution is -0.115. The van der Waals surface area contributed by atoms with Crippen LogP contribution in [0.5, 0.6) is 5.75 Å². The van der Waals surface area contributed by atoms with Crippen molar-refractivity contribution >= 4 is 56.5 Å². The predicted molar refractivity (Wildman–Crippen MR) is 161 cm³/mol. The number of carbonyl (C=O) groups is 2. The van der Waals surface area contributed by atoms with Crippen LogP contribution in [0.3, 0.4) is 0 Å². The van der Waals surface area contributed by atoms with Gasteiger partial charge in [0.15, 0.2) is 5.13 Å². The summed E-state index contributed by atoms with van der Waals surface area (Å²) in [6, 6.07) is 28.9. The highest BCUT2D eigenvalue weighted by Gasteiger charge is 2.20. The normalized spacial score (nSPS) is 11.6. The lowest BCUT2D eigenvalue weighted by Crippen LogP contribution is -2.24. The number of benzene rings is 4. The molecular weight excluding hydrogens is 526 g/mol. The number of amides is 2. The summed E-state index contributed by atoms with van der Waals surface area (Å²) in [7, 11) is 1.59. The molecule has 1 atom stereocenters. The molecule has 0 aliphatic rings. The van der Waals surface area contributed by atoms with E-state index in [4.69, 9.17) is 4.74 Å². The van der Waals surface area contributed by atoms with Gasteiger partial charge < -0.3 is 15.4 Å². The molecule has 0 saturated heterocycles. The molecule has 0 fully saturated rings. The van der Waals surface area contributed by atoms with Gasteiger partial charge in [-0.3, -0.25) is 9.59 Å². The van der Waals surface area contributed by atoms with Crippen molar-refractivity contribution in [3.63, 3.8) is 0 Å². The van der Waals surface area contributed by atoms with E-state index in [1.165, 1.54) is 28.5 Å². The quantitative estimate of drug-likeness (QED) is 0.183. The van der Waals surface area contributed by atoms with Crippen LogP contribution >= 0.6 is 23.1 Å². The van der Waals surface area contributed by atoms with E-state index >= 15 is 0 Å². The van der Waals surface area contributed by atoms with Crippen LogP contribution in [-0.2, 0) is 4.79 Å².